The lowest BCUT2D eigenvalue weighted by Crippen LogP contribution is -2.35. The van der Waals surface area contributed by atoms with Gasteiger partial charge in [-0.05, 0) is 24.6 Å². The number of ether oxygens (including phenoxy) is 1. The highest BCUT2D eigenvalue weighted by Gasteiger charge is 2.18. The summed E-state index contributed by atoms with van der Waals surface area (Å²) in [6.07, 6.45) is -0.523. The highest BCUT2D eigenvalue weighted by atomic mass is 32.1. The molecule has 9 heteroatoms. The molecular formula is C17H21FN4O3S. The topological polar surface area (TPSA) is 83.6 Å². The number of hydrogen-bond donors (Lipinski definition) is 2. The number of anilines is 1. The molecule has 2 aromatic rings. The predicted molar refractivity (Wildman–Crippen MR) is 97.3 cm³/mol. The lowest BCUT2D eigenvalue weighted by atomic mass is 10.2. The number of halogens is 1. The average molecular weight is 380 g/mol. The van der Waals surface area contributed by atoms with Crippen molar-refractivity contribution in [3.05, 3.63) is 46.7 Å². The number of carbonyl (C=O) groups is 2. The fourth-order valence-corrected chi connectivity index (χ4v) is 2.84. The van der Waals surface area contributed by atoms with E-state index in [-0.39, 0.29) is 18.3 Å². The third-order valence-electron chi connectivity index (χ3n) is 3.59. The van der Waals surface area contributed by atoms with Gasteiger partial charge in [0.25, 0.3) is 5.91 Å². The smallest absolute Gasteiger partial charge is 0.321 e. The van der Waals surface area contributed by atoms with Crippen molar-refractivity contribution >= 4 is 28.4 Å². The third kappa shape index (κ3) is 5.78. The first kappa shape index (κ1) is 19.8. The van der Waals surface area contributed by atoms with Crippen molar-refractivity contribution in [2.45, 2.75) is 26.1 Å². The third-order valence-corrected chi connectivity index (χ3v) is 4.40. The maximum atomic E-state index is 13.1. The van der Waals surface area contributed by atoms with Crippen LogP contribution in [0.2, 0.25) is 0 Å². The van der Waals surface area contributed by atoms with Gasteiger partial charge in [0.2, 0.25) is 0 Å². The van der Waals surface area contributed by atoms with E-state index < -0.39 is 12.1 Å². The van der Waals surface area contributed by atoms with Crippen LogP contribution in [0.3, 0.4) is 0 Å². The number of aromatic nitrogens is 1. The first-order valence-corrected chi connectivity index (χ1v) is 8.78. The maximum absolute atomic E-state index is 13.1. The minimum absolute atomic E-state index is 0.150. The Morgan fingerprint density at radius 1 is 1.42 bits per heavy atom. The van der Waals surface area contributed by atoms with Gasteiger partial charge in [0.05, 0.1) is 12.2 Å². The maximum Gasteiger partial charge on any atom is 0.321 e. The lowest BCUT2D eigenvalue weighted by Gasteiger charge is -2.19. The summed E-state index contributed by atoms with van der Waals surface area (Å²) in [6, 6.07) is 5.57. The molecule has 26 heavy (non-hydrogen) atoms. The van der Waals surface area contributed by atoms with Gasteiger partial charge in [0, 0.05) is 26.1 Å². The molecule has 0 bridgehead atoms. The van der Waals surface area contributed by atoms with E-state index in [1.165, 1.54) is 35.5 Å². The summed E-state index contributed by atoms with van der Waals surface area (Å²) >= 11 is 1.26. The van der Waals surface area contributed by atoms with Crippen molar-refractivity contribution in [1.82, 2.24) is 15.2 Å². The van der Waals surface area contributed by atoms with E-state index >= 15 is 0 Å². The van der Waals surface area contributed by atoms with Crippen molar-refractivity contribution in [2.75, 3.05) is 19.5 Å². The van der Waals surface area contributed by atoms with Crippen LogP contribution in [0.1, 0.15) is 18.2 Å². The van der Waals surface area contributed by atoms with Gasteiger partial charge < -0.3 is 15.0 Å². The second-order valence-corrected chi connectivity index (χ2v) is 6.51. The second kappa shape index (κ2) is 9.25. The van der Waals surface area contributed by atoms with Gasteiger partial charge in [-0.1, -0.05) is 12.1 Å². The van der Waals surface area contributed by atoms with Crippen molar-refractivity contribution < 1.29 is 18.7 Å². The fourth-order valence-electron chi connectivity index (χ4n) is 2.14. The molecule has 0 spiro atoms. The Balaban J connectivity index is 1.83. The van der Waals surface area contributed by atoms with E-state index in [2.05, 4.69) is 15.6 Å². The molecule has 2 N–H and O–H groups in total. The second-order valence-electron chi connectivity index (χ2n) is 5.65. The molecule has 140 valence electrons. The Morgan fingerprint density at radius 3 is 2.88 bits per heavy atom. The summed E-state index contributed by atoms with van der Waals surface area (Å²) < 4.78 is 18.1. The number of methoxy groups -OCH3 is 1. The van der Waals surface area contributed by atoms with Crippen molar-refractivity contribution in [3.8, 4) is 0 Å². The van der Waals surface area contributed by atoms with Crippen LogP contribution in [0.4, 0.5) is 14.3 Å². The number of urea groups is 1. The van der Waals surface area contributed by atoms with Gasteiger partial charge in [0.15, 0.2) is 5.13 Å². The molecule has 0 saturated heterocycles. The van der Waals surface area contributed by atoms with E-state index in [1.54, 1.807) is 31.5 Å². The molecule has 1 atom stereocenters. The zero-order valence-corrected chi connectivity index (χ0v) is 15.6. The minimum atomic E-state index is -0.523. The minimum Gasteiger partial charge on any atom is -0.372 e. The van der Waals surface area contributed by atoms with Crippen LogP contribution < -0.4 is 10.6 Å². The zero-order valence-electron chi connectivity index (χ0n) is 14.8. The molecule has 1 aromatic heterocycles. The number of likely N-dealkylation sites (N-methyl/N-ethyl adjacent to an activating group) is 1. The van der Waals surface area contributed by atoms with E-state index in [1.807, 2.05) is 0 Å². The van der Waals surface area contributed by atoms with Crippen LogP contribution in [0.25, 0.3) is 0 Å². The van der Waals surface area contributed by atoms with Crippen LogP contribution in [0.5, 0.6) is 0 Å². The number of amides is 3. The summed E-state index contributed by atoms with van der Waals surface area (Å²) in [5.41, 5.74) is 1.32. The van der Waals surface area contributed by atoms with Gasteiger partial charge in [-0.15, -0.1) is 11.3 Å². The highest BCUT2D eigenvalue weighted by Crippen LogP contribution is 2.17. The van der Waals surface area contributed by atoms with Crippen LogP contribution in [0, 0.1) is 5.82 Å². The monoisotopic (exact) mass is 380 g/mol. The first-order chi connectivity index (χ1) is 12.4. The molecule has 1 heterocycles. The molecule has 0 radical (unpaired) electrons. The Kier molecular flexibility index (Phi) is 7.05. The van der Waals surface area contributed by atoms with Gasteiger partial charge in [-0.2, -0.15) is 0 Å². The summed E-state index contributed by atoms with van der Waals surface area (Å²) in [5, 5.41) is 7.43. The molecule has 0 aliphatic rings. The summed E-state index contributed by atoms with van der Waals surface area (Å²) in [7, 11) is 3.14. The number of hydrogen-bond acceptors (Lipinski definition) is 5. The number of nitrogens with zero attached hydrogens (tertiary/aromatic N) is 2. The normalized spacial score (nSPS) is 11.7. The van der Waals surface area contributed by atoms with Gasteiger partial charge in [0.1, 0.15) is 11.9 Å². The van der Waals surface area contributed by atoms with Gasteiger partial charge >= 0.3 is 6.03 Å². The highest BCUT2D eigenvalue weighted by molar-refractivity contribution is 7.13. The molecule has 0 aliphatic carbocycles. The molecule has 0 saturated carbocycles. The van der Waals surface area contributed by atoms with Crippen LogP contribution in [-0.4, -0.2) is 42.1 Å². The SMILES string of the molecule is COC(C)C(=O)N(C)Cc1csc(NC(=O)NCc2cccc(F)c2)n1. The molecule has 1 unspecified atom stereocenters. The standard InChI is InChI=1S/C17H21FN4O3S/c1-11(25-3)15(23)22(2)9-14-10-26-17(20-14)21-16(24)19-8-12-5-4-6-13(18)7-12/h4-7,10-11H,8-9H2,1-3H3,(H2,19,20,21,24). The summed E-state index contributed by atoms with van der Waals surface area (Å²) in [4.78, 5) is 29.7. The van der Waals surface area contributed by atoms with Gasteiger partial charge in [-0.25, -0.2) is 14.2 Å². The molecule has 0 fully saturated rings. The Morgan fingerprint density at radius 2 is 2.19 bits per heavy atom. The average Bonchev–Trinajstić information content (AvgIpc) is 3.05. The van der Waals surface area contributed by atoms with Crippen LogP contribution in [0.15, 0.2) is 29.6 Å². The molecular weight excluding hydrogens is 359 g/mol. The van der Waals surface area contributed by atoms with E-state index in [9.17, 15) is 14.0 Å². The quantitative estimate of drug-likeness (QED) is 0.773. The summed E-state index contributed by atoms with van der Waals surface area (Å²) in [5.74, 6) is -0.501. The number of thiazole rings is 1. The molecule has 3 amide bonds. The molecule has 7 nitrogen and oxygen atoms in total. The number of nitrogens with one attached hydrogen (secondary N) is 2. The Hall–Kier alpha value is -2.52. The van der Waals surface area contributed by atoms with Gasteiger partial charge in [-0.3, -0.25) is 10.1 Å². The van der Waals surface area contributed by atoms with Crippen molar-refractivity contribution in [1.29, 1.82) is 0 Å². The first-order valence-electron chi connectivity index (χ1n) is 7.90. The number of benzene rings is 1. The fraction of sp³-hybridized carbons (Fsp3) is 0.353. The predicted octanol–water partition coefficient (Wildman–Crippen LogP) is 2.60. The van der Waals surface area contributed by atoms with E-state index in [0.29, 0.717) is 22.9 Å². The Labute approximate surface area is 155 Å². The molecule has 2 rings (SSSR count). The van der Waals surface area contributed by atoms with Crippen molar-refractivity contribution in [2.24, 2.45) is 0 Å². The zero-order chi connectivity index (χ0) is 19.1. The van der Waals surface area contributed by atoms with Crippen molar-refractivity contribution in [3.63, 3.8) is 0 Å². The molecule has 1 aromatic carbocycles. The number of carbonyl (C=O) groups excluding carboxylic acids is 2. The number of rotatable bonds is 7. The Bertz CT molecular complexity index is 768. The molecule has 0 aliphatic heterocycles. The largest absolute Gasteiger partial charge is 0.372 e. The summed E-state index contributed by atoms with van der Waals surface area (Å²) in [6.45, 7) is 2.19. The lowest BCUT2D eigenvalue weighted by molar-refractivity contribution is -0.140. The van der Waals surface area contributed by atoms with E-state index in [0.717, 1.165) is 0 Å². The van der Waals surface area contributed by atoms with Crippen LogP contribution in [-0.2, 0) is 22.6 Å². The van der Waals surface area contributed by atoms with Crippen LogP contribution >= 0.6 is 11.3 Å². The van der Waals surface area contributed by atoms with E-state index in [4.69, 9.17) is 4.74 Å².